The molecule has 1 N–H and O–H groups in total. The van der Waals surface area contributed by atoms with Gasteiger partial charge < -0.3 is 10.1 Å². The molecule has 172 valence electrons. The van der Waals surface area contributed by atoms with Gasteiger partial charge in [-0.15, -0.1) is 0 Å². The molecule has 2 fully saturated rings. The average Bonchev–Trinajstić information content (AvgIpc) is 3.28. The number of anilines is 1. The van der Waals surface area contributed by atoms with Crippen molar-refractivity contribution in [1.82, 2.24) is 9.21 Å². The number of nitrogens with zero attached hydrogens (tertiary/aromatic N) is 2. The molecule has 2 aromatic rings. The number of ether oxygens (including phenoxy) is 1. The maximum atomic E-state index is 13.2. The normalized spacial score (nSPS) is 23.7. The Hall–Kier alpha value is -2.26. The second kappa shape index (κ2) is 9.70. The second-order valence-electron chi connectivity index (χ2n) is 8.65. The second-order valence-corrected chi connectivity index (χ2v) is 10.6. The summed E-state index contributed by atoms with van der Waals surface area (Å²) in [5.41, 5.74) is 1.54. The monoisotopic (exact) mass is 457 g/mol. The molecule has 2 aliphatic heterocycles. The Kier molecular flexibility index (Phi) is 6.95. The van der Waals surface area contributed by atoms with Crippen molar-refractivity contribution in [1.29, 1.82) is 0 Å². The molecular formula is C24H31N3O4S. The highest BCUT2D eigenvalue weighted by molar-refractivity contribution is 7.89. The lowest BCUT2D eigenvalue weighted by Gasteiger charge is -2.34. The molecule has 3 atom stereocenters. The number of amides is 1. The van der Waals surface area contributed by atoms with E-state index in [4.69, 9.17) is 4.74 Å². The fourth-order valence-electron chi connectivity index (χ4n) is 4.56. The molecule has 2 saturated heterocycles. The van der Waals surface area contributed by atoms with Gasteiger partial charge in [-0.05, 0) is 69.6 Å². The molecule has 0 radical (unpaired) electrons. The third kappa shape index (κ3) is 5.04. The van der Waals surface area contributed by atoms with E-state index in [0.29, 0.717) is 18.8 Å². The van der Waals surface area contributed by atoms with Crippen LogP contribution in [-0.2, 0) is 19.6 Å². The van der Waals surface area contributed by atoms with E-state index in [2.05, 4.69) is 10.2 Å². The molecule has 2 heterocycles. The lowest BCUT2D eigenvalue weighted by Crippen LogP contribution is -2.48. The minimum atomic E-state index is -3.61. The Morgan fingerprint density at radius 2 is 1.56 bits per heavy atom. The molecule has 8 heteroatoms. The van der Waals surface area contributed by atoms with Gasteiger partial charge in [-0.3, -0.25) is 9.69 Å². The number of sulfonamides is 1. The molecule has 0 aliphatic carbocycles. The number of likely N-dealkylation sites (tertiary alicyclic amines) is 1. The van der Waals surface area contributed by atoms with E-state index < -0.39 is 10.0 Å². The van der Waals surface area contributed by atoms with E-state index in [-0.39, 0.29) is 29.1 Å². The molecule has 0 aromatic heterocycles. The summed E-state index contributed by atoms with van der Waals surface area (Å²) in [6.07, 6.45) is 1.88. The van der Waals surface area contributed by atoms with Crippen LogP contribution in [0.1, 0.15) is 38.3 Å². The maximum absolute atomic E-state index is 13.2. The molecule has 0 saturated carbocycles. The van der Waals surface area contributed by atoms with Gasteiger partial charge in [-0.25, -0.2) is 8.42 Å². The van der Waals surface area contributed by atoms with Crippen LogP contribution in [0.4, 0.5) is 5.69 Å². The van der Waals surface area contributed by atoms with Crippen LogP contribution in [0, 0.1) is 0 Å². The Morgan fingerprint density at radius 3 is 2.16 bits per heavy atom. The number of hydrogen-bond donors (Lipinski definition) is 1. The van der Waals surface area contributed by atoms with Gasteiger partial charge >= 0.3 is 0 Å². The van der Waals surface area contributed by atoms with Crippen LogP contribution in [0.5, 0.6) is 0 Å². The highest BCUT2D eigenvalue weighted by Gasteiger charge is 2.33. The number of carbonyl (C=O) groups excluding carboxylic acids is 1. The Morgan fingerprint density at radius 1 is 0.969 bits per heavy atom. The summed E-state index contributed by atoms with van der Waals surface area (Å²) in [7, 11) is -3.61. The topological polar surface area (TPSA) is 79.0 Å². The van der Waals surface area contributed by atoms with Crippen molar-refractivity contribution >= 4 is 21.6 Å². The summed E-state index contributed by atoms with van der Waals surface area (Å²) in [5.74, 6) is -0.107. The molecule has 32 heavy (non-hydrogen) atoms. The zero-order chi connectivity index (χ0) is 22.7. The van der Waals surface area contributed by atoms with Gasteiger partial charge in [0.05, 0.1) is 17.1 Å². The van der Waals surface area contributed by atoms with E-state index in [1.807, 2.05) is 44.2 Å². The standard InChI is InChI=1S/C24H31N3O4S/c1-18-16-27(17-19(2)31-18)32(29,30)22-12-10-21(11-13-22)25-24(28)23(26-14-6-7-15-26)20-8-4-3-5-9-20/h3-5,8-13,18-19,23H,6-7,14-17H2,1-2H3,(H,25,28). The van der Waals surface area contributed by atoms with E-state index in [1.54, 1.807) is 24.3 Å². The van der Waals surface area contributed by atoms with Gasteiger partial charge in [0.25, 0.3) is 0 Å². The van der Waals surface area contributed by atoms with Crippen molar-refractivity contribution in [2.24, 2.45) is 0 Å². The molecule has 2 aromatic carbocycles. The van der Waals surface area contributed by atoms with Crippen LogP contribution in [0.15, 0.2) is 59.5 Å². The minimum Gasteiger partial charge on any atom is -0.373 e. The SMILES string of the molecule is CC1CN(S(=O)(=O)c2ccc(NC(=O)C(c3ccccc3)N3CCCC3)cc2)CC(C)O1. The summed E-state index contributed by atoms with van der Waals surface area (Å²) in [5, 5.41) is 2.98. The largest absolute Gasteiger partial charge is 0.373 e. The van der Waals surface area contributed by atoms with Crippen LogP contribution in [0.3, 0.4) is 0 Å². The van der Waals surface area contributed by atoms with Gasteiger partial charge in [0, 0.05) is 18.8 Å². The van der Waals surface area contributed by atoms with E-state index >= 15 is 0 Å². The van der Waals surface area contributed by atoms with Crippen molar-refractivity contribution in [3.8, 4) is 0 Å². The van der Waals surface area contributed by atoms with Crippen molar-refractivity contribution in [3.63, 3.8) is 0 Å². The average molecular weight is 458 g/mol. The lowest BCUT2D eigenvalue weighted by molar-refractivity contribution is -0.121. The highest BCUT2D eigenvalue weighted by atomic mass is 32.2. The molecule has 3 unspecified atom stereocenters. The van der Waals surface area contributed by atoms with Gasteiger partial charge in [-0.2, -0.15) is 4.31 Å². The summed E-state index contributed by atoms with van der Waals surface area (Å²) < 4.78 is 33.2. The summed E-state index contributed by atoms with van der Waals surface area (Å²) in [6.45, 7) is 6.20. The Labute approximate surface area is 190 Å². The zero-order valence-corrected chi connectivity index (χ0v) is 19.4. The smallest absolute Gasteiger partial charge is 0.246 e. The molecule has 0 spiro atoms. The van der Waals surface area contributed by atoms with Crippen LogP contribution in [0.2, 0.25) is 0 Å². The maximum Gasteiger partial charge on any atom is 0.246 e. The van der Waals surface area contributed by atoms with Crippen molar-refractivity contribution in [3.05, 3.63) is 60.2 Å². The molecule has 0 bridgehead atoms. The van der Waals surface area contributed by atoms with Crippen molar-refractivity contribution in [2.75, 3.05) is 31.5 Å². The van der Waals surface area contributed by atoms with E-state index in [9.17, 15) is 13.2 Å². The lowest BCUT2D eigenvalue weighted by atomic mass is 10.0. The summed E-state index contributed by atoms with van der Waals surface area (Å²) in [4.78, 5) is 15.6. The summed E-state index contributed by atoms with van der Waals surface area (Å²) in [6, 6.07) is 15.8. The number of morpholine rings is 1. The molecule has 4 rings (SSSR count). The Balaban J connectivity index is 1.49. The first-order valence-electron chi connectivity index (χ1n) is 11.2. The number of rotatable bonds is 6. The first-order valence-corrected chi connectivity index (χ1v) is 12.6. The zero-order valence-electron chi connectivity index (χ0n) is 18.6. The number of hydrogen-bond acceptors (Lipinski definition) is 5. The highest BCUT2D eigenvalue weighted by Crippen LogP contribution is 2.27. The Bertz CT molecular complexity index is 1010. The van der Waals surface area contributed by atoms with Crippen molar-refractivity contribution in [2.45, 2.75) is 49.8 Å². The van der Waals surface area contributed by atoms with Crippen LogP contribution in [-0.4, -0.2) is 61.9 Å². The number of nitrogens with one attached hydrogen (secondary N) is 1. The molecular weight excluding hydrogens is 426 g/mol. The predicted octanol–water partition coefficient (Wildman–Crippen LogP) is 3.26. The van der Waals surface area contributed by atoms with Gasteiger partial charge in [0.15, 0.2) is 0 Å². The molecule has 1 amide bonds. The van der Waals surface area contributed by atoms with Gasteiger partial charge in [0.1, 0.15) is 6.04 Å². The number of carbonyl (C=O) groups is 1. The van der Waals surface area contributed by atoms with Crippen LogP contribution < -0.4 is 5.32 Å². The molecule has 2 aliphatic rings. The predicted molar refractivity (Wildman–Crippen MR) is 124 cm³/mol. The third-order valence-corrected chi connectivity index (χ3v) is 7.86. The summed E-state index contributed by atoms with van der Waals surface area (Å²) >= 11 is 0. The van der Waals surface area contributed by atoms with Gasteiger partial charge in [0.2, 0.25) is 15.9 Å². The quantitative estimate of drug-likeness (QED) is 0.720. The minimum absolute atomic E-state index is 0.107. The first-order chi connectivity index (χ1) is 15.3. The fourth-order valence-corrected chi connectivity index (χ4v) is 6.15. The third-order valence-electron chi connectivity index (χ3n) is 6.02. The number of benzene rings is 2. The van der Waals surface area contributed by atoms with Gasteiger partial charge in [-0.1, -0.05) is 30.3 Å². The molecule has 7 nitrogen and oxygen atoms in total. The fraction of sp³-hybridized carbons (Fsp3) is 0.458. The van der Waals surface area contributed by atoms with Crippen molar-refractivity contribution < 1.29 is 17.9 Å². The van der Waals surface area contributed by atoms with Crippen LogP contribution in [0.25, 0.3) is 0 Å². The van der Waals surface area contributed by atoms with E-state index in [0.717, 1.165) is 31.5 Å². The van der Waals surface area contributed by atoms with Crippen LogP contribution >= 0.6 is 0 Å². The first kappa shape index (κ1) is 22.9. The van der Waals surface area contributed by atoms with E-state index in [1.165, 1.54) is 4.31 Å².